The normalized spacial score (nSPS) is 22.8. The van der Waals surface area contributed by atoms with E-state index in [4.69, 9.17) is 9.11 Å². The number of carbonyl (C=O) groups excluding carboxylic acids is 6. The molecule has 31 heavy (non-hydrogen) atoms. The van der Waals surface area contributed by atoms with E-state index in [1.807, 2.05) is 0 Å². The smallest absolute Gasteiger partial charge is 0.330 e. The summed E-state index contributed by atoms with van der Waals surface area (Å²) in [5.74, 6) is -6.76. The van der Waals surface area contributed by atoms with Gasteiger partial charge in [-0.1, -0.05) is 0 Å². The molecule has 2 N–H and O–H groups in total. The first kappa shape index (κ1) is 24.5. The Bertz CT molecular complexity index is 959. The lowest BCUT2D eigenvalue weighted by Gasteiger charge is -2.14. The Morgan fingerprint density at radius 3 is 1.77 bits per heavy atom. The summed E-state index contributed by atoms with van der Waals surface area (Å²) >= 11 is -2.61. The van der Waals surface area contributed by atoms with Crippen molar-refractivity contribution >= 4 is 56.8 Å². The number of unbranched alkanes of at least 4 members (excludes halogenated alkanes) is 1. The first-order chi connectivity index (χ1) is 14.3. The van der Waals surface area contributed by atoms with Crippen LogP contribution >= 0.6 is 0 Å². The number of nitrogens with zero attached hydrogens (tertiary/aromatic N) is 2. The van der Waals surface area contributed by atoms with Gasteiger partial charge in [-0.05, 0) is 12.8 Å². The summed E-state index contributed by atoms with van der Waals surface area (Å²) < 4.78 is 50.7. The van der Waals surface area contributed by atoms with Crippen LogP contribution in [-0.4, -0.2) is 77.9 Å². The molecular formula is C14H16N2O13S2. The topological polar surface area (TPSA) is 219 Å². The van der Waals surface area contributed by atoms with Gasteiger partial charge in [0.2, 0.25) is 0 Å². The van der Waals surface area contributed by atoms with E-state index in [1.165, 1.54) is 0 Å². The average Bonchev–Trinajstić information content (AvgIpc) is 3.10. The molecule has 2 heterocycles. The summed E-state index contributed by atoms with van der Waals surface area (Å²) in [6, 6.07) is 0. The highest BCUT2D eigenvalue weighted by molar-refractivity contribution is 7.87. The van der Waals surface area contributed by atoms with E-state index in [0.717, 1.165) is 0 Å². The number of amides is 4. The summed E-state index contributed by atoms with van der Waals surface area (Å²) in [6.45, 7) is 0. The van der Waals surface area contributed by atoms with Gasteiger partial charge in [-0.3, -0.25) is 23.7 Å². The first-order valence-corrected chi connectivity index (χ1v) is 11.2. The molecule has 3 unspecified atom stereocenters. The largest absolute Gasteiger partial charge is 0.333 e. The Morgan fingerprint density at radius 1 is 0.935 bits per heavy atom. The quantitative estimate of drug-likeness (QED) is 0.154. The van der Waals surface area contributed by atoms with Crippen LogP contribution in [0.5, 0.6) is 0 Å². The Hall–Kier alpha value is -2.76. The van der Waals surface area contributed by atoms with Gasteiger partial charge < -0.3 is 14.2 Å². The molecule has 2 saturated heterocycles. The van der Waals surface area contributed by atoms with Gasteiger partial charge in [0.15, 0.2) is 21.6 Å². The van der Waals surface area contributed by atoms with E-state index in [2.05, 4.69) is 9.68 Å². The molecule has 0 aromatic carbocycles. The molecule has 0 saturated carbocycles. The summed E-state index contributed by atoms with van der Waals surface area (Å²) in [5, 5.41) is -3.53. The van der Waals surface area contributed by atoms with Gasteiger partial charge in [0.1, 0.15) is 0 Å². The maximum atomic E-state index is 11.7. The van der Waals surface area contributed by atoms with Crippen molar-refractivity contribution in [2.24, 2.45) is 0 Å². The minimum atomic E-state index is -4.85. The molecule has 0 aliphatic carbocycles. The second-order valence-electron chi connectivity index (χ2n) is 6.36. The third-order valence-electron chi connectivity index (χ3n) is 4.13. The van der Waals surface area contributed by atoms with Crippen molar-refractivity contribution < 1.29 is 60.2 Å². The fraction of sp³-hybridized carbons (Fsp3) is 0.571. The van der Waals surface area contributed by atoms with Gasteiger partial charge in [-0.2, -0.15) is 8.42 Å². The van der Waals surface area contributed by atoms with Crippen molar-refractivity contribution in [3.8, 4) is 0 Å². The second kappa shape index (κ2) is 9.58. The Labute approximate surface area is 176 Å². The summed E-state index contributed by atoms with van der Waals surface area (Å²) in [7, 11) is -4.85. The number of hydroxylamine groups is 4. The molecule has 0 spiro atoms. The van der Waals surface area contributed by atoms with Crippen molar-refractivity contribution in [3.63, 3.8) is 0 Å². The molecule has 17 heteroatoms. The van der Waals surface area contributed by atoms with Gasteiger partial charge in [0.05, 0.1) is 12.8 Å². The lowest BCUT2D eigenvalue weighted by atomic mass is 10.2. The molecule has 0 aromatic rings. The van der Waals surface area contributed by atoms with Crippen LogP contribution in [0.4, 0.5) is 0 Å². The Balaban J connectivity index is 1.73. The van der Waals surface area contributed by atoms with Crippen LogP contribution in [0.25, 0.3) is 0 Å². The minimum Gasteiger partial charge on any atom is -0.330 e. The average molecular weight is 484 g/mol. The number of hydrogen-bond donors (Lipinski definition) is 2. The summed E-state index contributed by atoms with van der Waals surface area (Å²) in [5.41, 5.74) is 0. The highest BCUT2D eigenvalue weighted by atomic mass is 32.2. The van der Waals surface area contributed by atoms with Gasteiger partial charge in [0.25, 0.3) is 33.7 Å². The molecule has 15 nitrogen and oxygen atoms in total. The van der Waals surface area contributed by atoms with Crippen molar-refractivity contribution in [2.75, 3.05) is 0 Å². The highest BCUT2D eigenvalue weighted by Crippen LogP contribution is 2.21. The van der Waals surface area contributed by atoms with E-state index >= 15 is 0 Å². The van der Waals surface area contributed by atoms with Crippen LogP contribution < -0.4 is 0 Å². The third-order valence-corrected chi connectivity index (χ3v) is 6.07. The number of hydrogen-bond acceptors (Lipinski definition) is 11. The van der Waals surface area contributed by atoms with Gasteiger partial charge in [0, 0.05) is 12.8 Å². The van der Waals surface area contributed by atoms with Crippen LogP contribution in [0.15, 0.2) is 0 Å². The first-order valence-electron chi connectivity index (χ1n) is 8.54. The predicted molar refractivity (Wildman–Crippen MR) is 93.5 cm³/mol. The third kappa shape index (κ3) is 5.90. The van der Waals surface area contributed by atoms with Crippen LogP contribution in [0, 0.1) is 0 Å². The van der Waals surface area contributed by atoms with Crippen LogP contribution in [0.2, 0.25) is 0 Å². The van der Waals surface area contributed by atoms with Crippen molar-refractivity contribution in [1.29, 1.82) is 0 Å². The maximum absolute atomic E-state index is 11.7. The lowest BCUT2D eigenvalue weighted by molar-refractivity contribution is -0.198. The Morgan fingerprint density at radius 2 is 1.39 bits per heavy atom. The highest BCUT2D eigenvalue weighted by Gasteiger charge is 2.48. The van der Waals surface area contributed by atoms with E-state index in [-0.39, 0.29) is 29.4 Å². The predicted octanol–water partition coefficient (Wildman–Crippen LogP) is -2.17. The van der Waals surface area contributed by atoms with E-state index in [9.17, 15) is 41.4 Å². The monoisotopic (exact) mass is 484 g/mol. The lowest BCUT2D eigenvalue weighted by Crippen LogP contribution is -2.36. The van der Waals surface area contributed by atoms with Gasteiger partial charge in [-0.15, -0.1) is 10.1 Å². The van der Waals surface area contributed by atoms with Crippen LogP contribution in [0.3, 0.4) is 0 Å². The van der Waals surface area contributed by atoms with E-state index in [1.54, 1.807) is 0 Å². The molecule has 0 radical (unpaired) electrons. The molecule has 2 aliphatic rings. The molecule has 0 bridgehead atoms. The van der Waals surface area contributed by atoms with Crippen molar-refractivity contribution in [3.05, 3.63) is 0 Å². The molecule has 2 rings (SSSR count). The fourth-order valence-electron chi connectivity index (χ4n) is 2.58. The maximum Gasteiger partial charge on any atom is 0.333 e. The molecule has 2 fully saturated rings. The Kier molecular flexibility index (Phi) is 7.58. The molecular weight excluding hydrogens is 468 g/mol. The molecule has 3 atom stereocenters. The van der Waals surface area contributed by atoms with Crippen molar-refractivity contribution in [1.82, 2.24) is 10.1 Å². The zero-order chi connectivity index (χ0) is 23.5. The summed E-state index contributed by atoms with van der Waals surface area (Å²) in [6.07, 6.45) is -2.24. The molecule has 0 aromatic heterocycles. The second-order valence-corrected chi connectivity index (χ2v) is 9.08. The van der Waals surface area contributed by atoms with Gasteiger partial charge >= 0.3 is 11.9 Å². The summed E-state index contributed by atoms with van der Waals surface area (Å²) in [4.78, 5) is 79.1. The standard InChI is InChI=1S/C14H16N2O13S2/c17-9-5-7(30(23)24)13(21)15(9)28-11(19)3-1-2-4-12(20)29-16-10(18)6-8(14(16)22)31(25,26)27/h7-8H,1-6H2,(H,23,24)(H,25,26,27). The number of rotatable bonds is 9. The van der Waals surface area contributed by atoms with E-state index in [0.29, 0.717) is 0 Å². The fourth-order valence-corrected chi connectivity index (χ4v) is 3.84. The van der Waals surface area contributed by atoms with Crippen LogP contribution in [0.1, 0.15) is 38.5 Å². The number of imide groups is 2. The molecule has 2 aliphatic heterocycles. The zero-order valence-electron chi connectivity index (χ0n) is 15.5. The zero-order valence-corrected chi connectivity index (χ0v) is 17.1. The van der Waals surface area contributed by atoms with Gasteiger partial charge in [-0.25, -0.2) is 13.8 Å². The van der Waals surface area contributed by atoms with E-state index < -0.39 is 86.5 Å². The minimum absolute atomic E-state index is 0.00491. The number of carbonyl (C=O) groups is 6. The van der Waals surface area contributed by atoms with Crippen molar-refractivity contribution in [2.45, 2.75) is 49.0 Å². The molecule has 4 amide bonds. The molecule has 172 valence electrons. The SMILES string of the molecule is O=C(CCCCC(=O)ON1C(=O)CC(S(=O)(=O)O)C1=O)ON1C(=O)CC(S(=O)O)C1=O. The van der Waals surface area contributed by atoms with Crippen LogP contribution in [-0.2, 0) is 59.6 Å².